The molecule has 4 nitrogen and oxygen atoms in total. The molecule has 2 rings (SSSR count). The van der Waals surface area contributed by atoms with E-state index < -0.39 is 0 Å². The number of nitrogens with one attached hydrogen (secondary N) is 1. The molecular formula is C16H21Cl2NO3. The molecule has 0 aliphatic heterocycles. The second kappa shape index (κ2) is 8.16. The number of carbonyl (C=O) groups is 1. The molecule has 122 valence electrons. The number of benzene rings is 1. The molecule has 2 N–H and O–H groups in total. The van der Waals surface area contributed by atoms with Gasteiger partial charge in [-0.25, -0.2) is 0 Å². The minimum Gasteiger partial charge on any atom is -0.393 e. The van der Waals surface area contributed by atoms with Crippen molar-refractivity contribution >= 4 is 29.1 Å². The van der Waals surface area contributed by atoms with Crippen molar-refractivity contribution in [2.75, 3.05) is 13.7 Å². The Labute approximate surface area is 140 Å². The average Bonchev–Trinajstić information content (AvgIpc) is 2.93. The lowest BCUT2D eigenvalue weighted by Gasteiger charge is -2.21. The Hall–Kier alpha value is -0.810. The normalized spacial score (nSPS) is 22.5. The minimum absolute atomic E-state index is 0.0243. The van der Waals surface area contributed by atoms with E-state index in [9.17, 15) is 9.90 Å². The van der Waals surface area contributed by atoms with Crippen LogP contribution in [0.25, 0.3) is 0 Å². The zero-order valence-electron chi connectivity index (χ0n) is 12.5. The largest absolute Gasteiger partial charge is 0.393 e. The molecule has 0 heterocycles. The van der Waals surface area contributed by atoms with Crippen LogP contribution in [0.2, 0.25) is 10.0 Å². The molecular weight excluding hydrogens is 325 g/mol. The maximum Gasteiger partial charge on any atom is 0.223 e. The van der Waals surface area contributed by atoms with Gasteiger partial charge < -0.3 is 15.2 Å². The first-order valence-corrected chi connectivity index (χ1v) is 8.19. The third-order valence-corrected chi connectivity index (χ3v) is 4.79. The van der Waals surface area contributed by atoms with Gasteiger partial charge in [-0.15, -0.1) is 0 Å². The van der Waals surface area contributed by atoms with Crippen molar-refractivity contribution in [2.24, 2.45) is 5.92 Å². The highest BCUT2D eigenvalue weighted by molar-refractivity contribution is 6.42. The van der Waals surface area contributed by atoms with E-state index in [1.165, 1.54) is 0 Å². The van der Waals surface area contributed by atoms with Gasteiger partial charge in [0, 0.05) is 19.6 Å². The van der Waals surface area contributed by atoms with E-state index in [4.69, 9.17) is 27.9 Å². The van der Waals surface area contributed by atoms with Crippen LogP contribution >= 0.6 is 23.2 Å². The summed E-state index contributed by atoms with van der Waals surface area (Å²) in [6, 6.07) is 5.18. The number of hydrogen-bond acceptors (Lipinski definition) is 3. The predicted molar refractivity (Wildman–Crippen MR) is 87.2 cm³/mol. The molecule has 1 saturated carbocycles. The Morgan fingerprint density at radius 1 is 1.41 bits per heavy atom. The van der Waals surface area contributed by atoms with Crippen molar-refractivity contribution in [3.63, 3.8) is 0 Å². The van der Waals surface area contributed by atoms with Gasteiger partial charge in [-0.05, 0) is 43.4 Å². The number of methoxy groups -OCH3 is 1. The fourth-order valence-electron chi connectivity index (χ4n) is 2.77. The van der Waals surface area contributed by atoms with Crippen LogP contribution < -0.4 is 5.32 Å². The topological polar surface area (TPSA) is 58.6 Å². The summed E-state index contributed by atoms with van der Waals surface area (Å²) in [6.45, 7) is 0.526. The smallest absolute Gasteiger partial charge is 0.223 e. The molecule has 0 aromatic heterocycles. The summed E-state index contributed by atoms with van der Waals surface area (Å²) < 4.78 is 5.12. The van der Waals surface area contributed by atoms with Crippen LogP contribution in [0, 0.1) is 5.92 Å². The summed E-state index contributed by atoms with van der Waals surface area (Å²) in [5, 5.41) is 13.6. The Morgan fingerprint density at radius 3 is 2.77 bits per heavy atom. The third kappa shape index (κ3) is 4.59. The highest BCUT2D eigenvalue weighted by Crippen LogP contribution is 2.29. The number of halogens is 2. The zero-order chi connectivity index (χ0) is 16.1. The molecule has 0 bridgehead atoms. The first-order chi connectivity index (χ1) is 10.5. The highest BCUT2D eigenvalue weighted by Gasteiger charge is 2.30. The van der Waals surface area contributed by atoms with Crippen LogP contribution in [0.3, 0.4) is 0 Å². The van der Waals surface area contributed by atoms with Gasteiger partial charge in [0.15, 0.2) is 0 Å². The van der Waals surface area contributed by atoms with Gasteiger partial charge >= 0.3 is 0 Å². The van der Waals surface area contributed by atoms with Gasteiger partial charge in [0.1, 0.15) is 0 Å². The SMILES string of the molecule is COCCC(NC(=O)[C@@H]1CC[C@@H](O)C1)c1ccc(Cl)c(Cl)c1. The molecule has 0 radical (unpaired) electrons. The maximum atomic E-state index is 12.4. The molecule has 0 saturated heterocycles. The Kier molecular flexibility index (Phi) is 6.50. The maximum absolute atomic E-state index is 12.4. The van der Waals surface area contributed by atoms with E-state index in [0.29, 0.717) is 35.9 Å². The summed E-state index contributed by atoms with van der Waals surface area (Å²) in [6.07, 6.45) is 2.23. The number of rotatable bonds is 6. The summed E-state index contributed by atoms with van der Waals surface area (Å²) in [5.41, 5.74) is 0.901. The van der Waals surface area contributed by atoms with Crippen molar-refractivity contribution in [3.05, 3.63) is 33.8 Å². The molecule has 1 aliphatic rings. The standard InChI is InChI=1S/C16H21Cl2NO3/c1-22-7-6-15(10-3-5-13(17)14(18)9-10)19-16(21)11-2-4-12(20)8-11/h3,5,9,11-12,15,20H,2,4,6-8H2,1H3,(H,19,21)/t11-,12-,15?/m1/s1. The van der Waals surface area contributed by atoms with E-state index in [1.54, 1.807) is 19.2 Å². The van der Waals surface area contributed by atoms with Crippen LogP contribution in [0.1, 0.15) is 37.3 Å². The molecule has 3 atom stereocenters. The Bertz CT molecular complexity index is 524. The molecule has 1 fully saturated rings. The number of aliphatic hydroxyl groups is 1. The molecule has 1 aromatic carbocycles. The number of amides is 1. The predicted octanol–water partition coefficient (Wildman–Crippen LogP) is 3.35. The van der Waals surface area contributed by atoms with Crippen molar-refractivity contribution in [3.8, 4) is 0 Å². The van der Waals surface area contributed by atoms with Crippen molar-refractivity contribution in [2.45, 2.75) is 37.8 Å². The van der Waals surface area contributed by atoms with Crippen LogP contribution in [0.5, 0.6) is 0 Å². The highest BCUT2D eigenvalue weighted by atomic mass is 35.5. The Morgan fingerprint density at radius 2 is 2.18 bits per heavy atom. The molecule has 0 spiro atoms. The Balaban J connectivity index is 2.08. The summed E-state index contributed by atoms with van der Waals surface area (Å²) in [4.78, 5) is 12.4. The van der Waals surface area contributed by atoms with Crippen molar-refractivity contribution in [1.29, 1.82) is 0 Å². The van der Waals surface area contributed by atoms with Crippen LogP contribution in [-0.2, 0) is 9.53 Å². The lowest BCUT2D eigenvalue weighted by Crippen LogP contribution is -2.34. The van der Waals surface area contributed by atoms with Gasteiger partial charge in [0.25, 0.3) is 0 Å². The summed E-state index contributed by atoms with van der Waals surface area (Å²) in [7, 11) is 1.63. The van der Waals surface area contributed by atoms with Crippen molar-refractivity contribution < 1.29 is 14.6 Å². The molecule has 1 unspecified atom stereocenters. The molecule has 1 aliphatic carbocycles. The van der Waals surface area contributed by atoms with E-state index >= 15 is 0 Å². The van der Waals surface area contributed by atoms with E-state index in [1.807, 2.05) is 6.07 Å². The number of hydrogen-bond donors (Lipinski definition) is 2. The van der Waals surface area contributed by atoms with Crippen LogP contribution in [-0.4, -0.2) is 30.8 Å². The number of ether oxygens (including phenoxy) is 1. The van der Waals surface area contributed by atoms with Crippen LogP contribution in [0.4, 0.5) is 0 Å². The molecule has 1 amide bonds. The first-order valence-electron chi connectivity index (χ1n) is 7.43. The lowest BCUT2D eigenvalue weighted by molar-refractivity contribution is -0.125. The first kappa shape index (κ1) is 17.5. The van der Waals surface area contributed by atoms with Gasteiger partial charge in [-0.1, -0.05) is 29.3 Å². The zero-order valence-corrected chi connectivity index (χ0v) is 14.0. The van der Waals surface area contributed by atoms with Crippen molar-refractivity contribution in [1.82, 2.24) is 5.32 Å². The lowest BCUT2D eigenvalue weighted by atomic mass is 10.0. The average molecular weight is 346 g/mol. The summed E-state index contributed by atoms with van der Waals surface area (Å²) >= 11 is 12.0. The fraction of sp³-hybridized carbons (Fsp3) is 0.562. The van der Waals surface area contributed by atoms with Gasteiger partial charge in [-0.2, -0.15) is 0 Å². The minimum atomic E-state index is -0.363. The summed E-state index contributed by atoms with van der Waals surface area (Å²) in [5.74, 6) is -0.147. The molecule has 1 aromatic rings. The van der Waals surface area contributed by atoms with E-state index in [2.05, 4.69) is 5.32 Å². The third-order valence-electron chi connectivity index (χ3n) is 4.05. The quantitative estimate of drug-likeness (QED) is 0.831. The molecule has 22 heavy (non-hydrogen) atoms. The fourth-order valence-corrected chi connectivity index (χ4v) is 3.08. The number of carbonyl (C=O) groups excluding carboxylic acids is 1. The number of aliphatic hydroxyl groups excluding tert-OH is 1. The van der Waals surface area contributed by atoms with Gasteiger partial charge in [0.2, 0.25) is 5.91 Å². The van der Waals surface area contributed by atoms with Gasteiger partial charge in [-0.3, -0.25) is 4.79 Å². The van der Waals surface area contributed by atoms with Crippen LogP contribution in [0.15, 0.2) is 18.2 Å². The van der Waals surface area contributed by atoms with Gasteiger partial charge in [0.05, 0.1) is 22.2 Å². The van der Waals surface area contributed by atoms with E-state index in [0.717, 1.165) is 12.0 Å². The molecule has 6 heteroatoms. The monoisotopic (exact) mass is 345 g/mol. The second-order valence-electron chi connectivity index (χ2n) is 5.68. The second-order valence-corrected chi connectivity index (χ2v) is 6.49. The van der Waals surface area contributed by atoms with E-state index in [-0.39, 0.29) is 24.0 Å².